The van der Waals surface area contributed by atoms with Crippen molar-refractivity contribution >= 4 is 23.3 Å². The molecule has 2 atom stereocenters. The van der Waals surface area contributed by atoms with Gasteiger partial charge in [-0.25, -0.2) is 0 Å². The predicted octanol–water partition coefficient (Wildman–Crippen LogP) is 3.83. The number of hydrogen-bond acceptors (Lipinski definition) is 4. The molecule has 1 amide bonds. The summed E-state index contributed by atoms with van der Waals surface area (Å²) in [5, 5.41) is 11.0. The number of Topliss-reactive ketones (excluding diaryl/α,β-unsaturated/α-hetero) is 1. The average molecular weight is 378 g/mol. The summed E-state index contributed by atoms with van der Waals surface area (Å²) >= 11 is 5.99. The van der Waals surface area contributed by atoms with Crippen molar-refractivity contribution in [3.8, 4) is 0 Å². The Morgan fingerprint density at radius 3 is 2.62 bits per heavy atom. The van der Waals surface area contributed by atoms with Gasteiger partial charge in [0.05, 0.1) is 17.7 Å². The van der Waals surface area contributed by atoms with Crippen molar-refractivity contribution in [1.82, 2.24) is 4.90 Å². The number of aliphatic hydroxyl groups excluding tert-OH is 1. The van der Waals surface area contributed by atoms with Gasteiger partial charge in [-0.3, -0.25) is 9.59 Å². The van der Waals surface area contributed by atoms with Gasteiger partial charge in [-0.2, -0.15) is 0 Å². The van der Waals surface area contributed by atoms with E-state index in [-0.39, 0.29) is 29.8 Å². The van der Waals surface area contributed by atoms with Gasteiger partial charge in [-0.15, -0.1) is 0 Å². The van der Waals surface area contributed by atoms with E-state index >= 15 is 0 Å². The molecular formula is C20H24ClNO4. The van der Waals surface area contributed by atoms with E-state index < -0.39 is 17.7 Å². The van der Waals surface area contributed by atoms with E-state index in [9.17, 15) is 14.7 Å². The standard InChI is InChI=1S/C20H24ClNO4/c1-12(2)10-16(23)17-18(13-5-7-14(21)8-6-13)22(20(25)19(17)24)11-15-4-3-9-26-15/h5-8,12,15,18,24H,3-4,9-11H2,1-2H3. The smallest absolute Gasteiger partial charge is 0.290 e. The predicted molar refractivity (Wildman–Crippen MR) is 99.0 cm³/mol. The van der Waals surface area contributed by atoms with E-state index in [2.05, 4.69) is 0 Å². The van der Waals surface area contributed by atoms with Crippen LogP contribution in [0.3, 0.4) is 0 Å². The van der Waals surface area contributed by atoms with Crippen molar-refractivity contribution in [2.45, 2.75) is 45.3 Å². The number of benzene rings is 1. The Hall–Kier alpha value is -1.85. The molecule has 2 aliphatic rings. The van der Waals surface area contributed by atoms with E-state index in [1.54, 1.807) is 29.2 Å². The molecule has 0 saturated carbocycles. The Balaban J connectivity index is 1.97. The molecule has 2 aliphatic heterocycles. The summed E-state index contributed by atoms with van der Waals surface area (Å²) in [5.74, 6) is -1.00. The van der Waals surface area contributed by atoms with Gasteiger partial charge < -0.3 is 14.7 Å². The van der Waals surface area contributed by atoms with Crippen LogP contribution in [0.25, 0.3) is 0 Å². The summed E-state index contributed by atoms with van der Waals surface area (Å²) in [6.45, 7) is 4.91. The van der Waals surface area contributed by atoms with E-state index in [0.717, 1.165) is 18.4 Å². The second-order valence-corrected chi connectivity index (χ2v) is 7.77. The molecule has 3 rings (SSSR count). The van der Waals surface area contributed by atoms with Crippen LogP contribution in [0.5, 0.6) is 0 Å². The zero-order valence-electron chi connectivity index (χ0n) is 15.1. The Kier molecular flexibility index (Phi) is 5.68. The fourth-order valence-corrected chi connectivity index (χ4v) is 3.73. The minimum absolute atomic E-state index is 0.0684. The molecule has 0 bridgehead atoms. The van der Waals surface area contributed by atoms with Crippen molar-refractivity contribution in [1.29, 1.82) is 0 Å². The minimum atomic E-state index is -0.602. The quantitative estimate of drug-likeness (QED) is 0.818. The molecule has 2 heterocycles. The molecule has 1 saturated heterocycles. The van der Waals surface area contributed by atoms with Crippen LogP contribution in [0.15, 0.2) is 35.6 Å². The van der Waals surface area contributed by atoms with Crippen LogP contribution in [0.4, 0.5) is 0 Å². The lowest BCUT2D eigenvalue weighted by Crippen LogP contribution is -2.37. The van der Waals surface area contributed by atoms with Crippen LogP contribution in [0, 0.1) is 5.92 Å². The van der Waals surface area contributed by atoms with Crippen LogP contribution in [-0.4, -0.2) is 41.0 Å². The second-order valence-electron chi connectivity index (χ2n) is 7.33. The summed E-state index contributed by atoms with van der Waals surface area (Å²) in [6.07, 6.45) is 2.04. The zero-order chi connectivity index (χ0) is 18.8. The molecule has 2 unspecified atom stereocenters. The SMILES string of the molecule is CC(C)CC(=O)C1=C(O)C(=O)N(CC2CCCO2)C1c1ccc(Cl)cc1. The lowest BCUT2D eigenvalue weighted by Gasteiger charge is -2.29. The monoisotopic (exact) mass is 377 g/mol. The van der Waals surface area contributed by atoms with Gasteiger partial charge in [0, 0.05) is 24.6 Å². The third-order valence-corrected chi connectivity index (χ3v) is 5.06. The number of aliphatic hydroxyl groups is 1. The molecule has 1 aromatic rings. The van der Waals surface area contributed by atoms with Gasteiger partial charge in [-0.05, 0) is 36.5 Å². The van der Waals surface area contributed by atoms with Gasteiger partial charge in [0.15, 0.2) is 11.5 Å². The molecule has 5 nitrogen and oxygen atoms in total. The number of halogens is 1. The molecule has 0 radical (unpaired) electrons. The molecule has 0 spiro atoms. The number of nitrogens with zero attached hydrogens (tertiary/aromatic N) is 1. The van der Waals surface area contributed by atoms with E-state index in [0.29, 0.717) is 18.2 Å². The van der Waals surface area contributed by atoms with Gasteiger partial charge in [-0.1, -0.05) is 37.6 Å². The molecule has 1 fully saturated rings. The van der Waals surface area contributed by atoms with E-state index in [1.807, 2.05) is 13.8 Å². The van der Waals surface area contributed by atoms with E-state index in [1.165, 1.54) is 0 Å². The largest absolute Gasteiger partial charge is 0.503 e. The number of ether oxygens (including phenoxy) is 1. The van der Waals surface area contributed by atoms with Crippen molar-refractivity contribution in [2.24, 2.45) is 5.92 Å². The lowest BCUT2D eigenvalue weighted by molar-refractivity contribution is -0.131. The highest BCUT2D eigenvalue weighted by atomic mass is 35.5. The summed E-state index contributed by atoms with van der Waals surface area (Å²) in [6, 6.07) is 6.45. The molecule has 0 aliphatic carbocycles. The highest BCUT2D eigenvalue weighted by Gasteiger charge is 2.44. The summed E-state index contributed by atoms with van der Waals surface area (Å²) in [7, 11) is 0. The molecule has 140 valence electrons. The molecule has 6 heteroatoms. The molecule has 1 aromatic carbocycles. The minimum Gasteiger partial charge on any atom is -0.503 e. The first-order valence-electron chi connectivity index (χ1n) is 9.02. The highest BCUT2D eigenvalue weighted by molar-refractivity contribution is 6.30. The van der Waals surface area contributed by atoms with Crippen molar-refractivity contribution in [3.63, 3.8) is 0 Å². The van der Waals surface area contributed by atoms with Crippen molar-refractivity contribution in [3.05, 3.63) is 46.2 Å². The molecule has 1 N–H and O–H groups in total. The highest BCUT2D eigenvalue weighted by Crippen LogP contribution is 2.39. The second kappa shape index (κ2) is 7.80. The Bertz CT molecular complexity index is 720. The maximum atomic E-state index is 12.8. The zero-order valence-corrected chi connectivity index (χ0v) is 15.8. The van der Waals surface area contributed by atoms with Crippen LogP contribution in [0.1, 0.15) is 44.7 Å². The first-order chi connectivity index (χ1) is 12.4. The fourth-order valence-electron chi connectivity index (χ4n) is 3.61. The van der Waals surface area contributed by atoms with Crippen LogP contribution < -0.4 is 0 Å². The topological polar surface area (TPSA) is 66.8 Å². The number of hydrogen-bond donors (Lipinski definition) is 1. The number of ketones is 1. The number of amides is 1. The Labute approximate surface area is 158 Å². The van der Waals surface area contributed by atoms with Gasteiger partial charge in [0.1, 0.15) is 0 Å². The lowest BCUT2D eigenvalue weighted by atomic mass is 9.92. The summed E-state index contributed by atoms with van der Waals surface area (Å²) in [5.41, 5.74) is 0.945. The van der Waals surface area contributed by atoms with Crippen LogP contribution >= 0.6 is 11.6 Å². The first-order valence-corrected chi connectivity index (χ1v) is 9.40. The summed E-state index contributed by atoms with van der Waals surface area (Å²) in [4.78, 5) is 27.1. The van der Waals surface area contributed by atoms with Crippen LogP contribution in [-0.2, 0) is 14.3 Å². The summed E-state index contributed by atoms with van der Waals surface area (Å²) < 4.78 is 5.66. The third-order valence-electron chi connectivity index (χ3n) is 4.81. The Morgan fingerprint density at radius 1 is 1.35 bits per heavy atom. The van der Waals surface area contributed by atoms with Crippen molar-refractivity contribution in [2.75, 3.05) is 13.2 Å². The normalized spacial score (nSPS) is 23.4. The Morgan fingerprint density at radius 2 is 2.04 bits per heavy atom. The fraction of sp³-hybridized carbons (Fsp3) is 0.500. The average Bonchev–Trinajstić information content (AvgIpc) is 3.17. The van der Waals surface area contributed by atoms with Gasteiger partial charge >= 0.3 is 0 Å². The molecule has 0 aromatic heterocycles. The van der Waals surface area contributed by atoms with Crippen LogP contribution in [0.2, 0.25) is 5.02 Å². The maximum absolute atomic E-state index is 12.8. The third kappa shape index (κ3) is 3.79. The molecule has 26 heavy (non-hydrogen) atoms. The van der Waals surface area contributed by atoms with Gasteiger partial charge in [0.25, 0.3) is 5.91 Å². The number of carbonyl (C=O) groups excluding carboxylic acids is 2. The molecular weight excluding hydrogens is 354 g/mol. The first kappa shape index (κ1) is 18.9. The van der Waals surface area contributed by atoms with Gasteiger partial charge in [0.2, 0.25) is 0 Å². The van der Waals surface area contributed by atoms with Crippen molar-refractivity contribution < 1.29 is 19.4 Å². The van der Waals surface area contributed by atoms with E-state index in [4.69, 9.17) is 16.3 Å². The number of rotatable bonds is 6. The number of carbonyl (C=O) groups is 2. The maximum Gasteiger partial charge on any atom is 0.290 e.